The van der Waals surface area contributed by atoms with Gasteiger partial charge in [-0.3, -0.25) is 37.3 Å². The molecule has 0 saturated heterocycles. The molecule has 0 aromatic heterocycles. The minimum absolute atomic E-state index is 0.105. The van der Waals surface area contributed by atoms with Crippen LogP contribution in [0.15, 0.2) is 0 Å². The lowest BCUT2D eigenvalue weighted by atomic mass is 10.0. The Morgan fingerprint density at radius 3 is 0.639 bits per heavy atom. The molecule has 0 saturated carbocycles. The van der Waals surface area contributed by atoms with Gasteiger partial charge in [-0.1, -0.05) is 344 Å². The van der Waals surface area contributed by atoms with Gasteiger partial charge in [0.1, 0.15) is 19.3 Å². The van der Waals surface area contributed by atoms with Gasteiger partial charge in [0.15, 0.2) is 12.2 Å². The van der Waals surface area contributed by atoms with Crippen molar-refractivity contribution in [3.05, 3.63) is 0 Å². The predicted molar refractivity (Wildman–Crippen MR) is 395 cm³/mol. The molecule has 0 rings (SSSR count). The zero-order valence-electron chi connectivity index (χ0n) is 63.7. The van der Waals surface area contributed by atoms with E-state index in [2.05, 4.69) is 55.4 Å². The lowest BCUT2D eigenvalue weighted by Gasteiger charge is -2.21. The summed E-state index contributed by atoms with van der Waals surface area (Å²) in [6, 6.07) is 0. The van der Waals surface area contributed by atoms with E-state index in [9.17, 15) is 43.2 Å². The number of phosphoric ester groups is 2. The zero-order chi connectivity index (χ0) is 71.7. The number of phosphoric acid groups is 2. The Bertz CT molecular complexity index is 1900. The van der Waals surface area contributed by atoms with Gasteiger partial charge in [-0.15, -0.1) is 0 Å². The molecule has 0 aliphatic carbocycles. The van der Waals surface area contributed by atoms with Crippen molar-refractivity contribution >= 4 is 39.5 Å². The molecule has 0 aliphatic rings. The number of hydrogen-bond acceptors (Lipinski definition) is 15. The first kappa shape index (κ1) is 95.1. The highest BCUT2D eigenvalue weighted by Crippen LogP contribution is 2.45. The average Bonchev–Trinajstić information content (AvgIpc) is 1.26. The van der Waals surface area contributed by atoms with E-state index in [1.54, 1.807) is 0 Å². The highest BCUT2D eigenvalue weighted by atomic mass is 31.2. The predicted octanol–water partition coefficient (Wildman–Crippen LogP) is 22.8. The number of hydrogen-bond donors (Lipinski definition) is 3. The van der Waals surface area contributed by atoms with Gasteiger partial charge in [0.05, 0.1) is 26.4 Å². The fourth-order valence-corrected chi connectivity index (χ4v) is 13.5. The summed E-state index contributed by atoms with van der Waals surface area (Å²) in [5, 5.41) is 10.6. The van der Waals surface area contributed by atoms with Gasteiger partial charge in [0.25, 0.3) is 0 Å². The first-order valence-corrected chi connectivity index (χ1v) is 43.2. The molecule has 0 aliphatic heterocycles. The zero-order valence-corrected chi connectivity index (χ0v) is 65.5. The second-order valence-corrected chi connectivity index (χ2v) is 32.9. The molecule has 0 fully saturated rings. The Kier molecular flexibility index (Phi) is 65.9. The van der Waals surface area contributed by atoms with E-state index in [-0.39, 0.29) is 25.7 Å². The fraction of sp³-hybridized carbons (Fsp3) is 0.949. The minimum atomic E-state index is -4.96. The van der Waals surface area contributed by atoms with Crippen molar-refractivity contribution in [2.24, 2.45) is 23.7 Å². The van der Waals surface area contributed by atoms with E-state index < -0.39 is 97.5 Å². The SMILES string of the molecule is CC(C)CCCCCCCCCCCCCCCCCCCCC(=O)OC[C@H](COP(=O)(O)OC[C@@H](O)COP(=O)(O)OC[C@@H](COC(=O)CCCCCCCCC(C)C)OC(=O)CCCCCCCCCCCCCCC(C)C)OC(=O)CCCCCCCCCCCC(C)C. The molecule has 97 heavy (non-hydrogen) atoms. The first-order valence-electron chi connectivity index (χ1n) is 40.2. The Morgan fingerprint density at radius 2 is 0.433 bits per heavy atom. The molecule has 3 N–H and O–H groups in total. The van der Waals surface area contributed by atoms with Crippen LogP contribution < -0.4 is 0 Å². The van der Waals surface area contributed by atoms with Gasteiger partial charge in [-0.2, -0.15) is 0 Å². The van der Waals surface area contributed by atoms with Crippen molar-refractivity contribution in [2.45, 2.75) is 414 Å². The summed E-state index contributed by atoms with van der Waals surface area (Å²) < 4.78 is 68.5. The molecule has 0 spiro atoms. The minimum Gasteiger partial charge on any atom is -0.462 e. The molecule has 0 aromatic carbocycles. The van der Waals surface area contributed by atoms with Crippen LogP contribution in [0.1, 0.15) is 396 Å². The van der Waals surface area contributed by atoms with Crippen molar-refractivity contribution in [1.82, 2.24) is 0 Å². The molecular formula is C78H152O17P2. The van der Waals surface area contributed by atoms with Crippen LogP contribution in [0, 0.1) is 23.7 Å². The lowest BCUT2D eigenvalue weighted by Crippen LogP contribution is -2.30. The van der Waals surface area contributed by atoms with Crippen LogP contribution in [0.2, 0.25) is 0 Å². The molecule has 19 heteroatoms. The molecule has 0 aromatic rings. The van der Waals surface area contributed by atoms with Gasteiger partial charge < -0.3 is 33.8 Å². The Balaban J connectivity index is 5.17. The average molecular weight is 1420 g/mol. The van der Waals surface area contributed by atoms with Crippen LogP contribution in [0.5, 0.6) is 0 Å². The number of aliphatic hydroxyl groups is 1. The summed E-state index contributed by atoms with van der Waals surface area (Å²) in [7, 11) is -9.91. The van der Waals surface area contributed by atoms with E-state index >= 15 is 0 Å². The summed E-state index contributed by atoms with van der Waals surface area (Å²) in [5.41, 5.74) is 0. The van der Waals surface area contributed by atoms with Crippen LogP contribution in [-0.2, 0) is 65.4 Å². The summed E-state index contributed by atoms with van der Waals surface area (Å²) >= 11 is 0. The first-order chi connectivity index (χ1) is 46.6. The number of unbranched alkanes of at least 4 members (excludes halogenated alkanes) is 41. The van der Waals surface area contributed by atoms with Crippen LogP contribution in [0.25, 0.3) is 0 Å². The molecule has 0 heterocycles. The van der Waals surface area contributed by atoms with Crippen molar-refractivity contribution in [3.8, 4) is 0 Å². The number of esters is 4. The van der Waals surface area contributed by atoms with E-state index in [0.717, 1.165) is 114 Å². The number of rotatable bonds is 75. The third kappa shape index (κ3) is 72.2. The maximum absolute atomic E-state index is 13.1. The van der Waals surface area contributed by atoms with Gasteiger partial charge in [0.2, 0.25) is 0 Å². The Morgan fingerprint density at radius 1 is 0.258 bits per heavy atom. The van der Waals surface area contributed by atoms with E-state index in [1.165, 1.54) is 193 Å². The summed E-state index contributed by atoms with van der Waals surface area (Å²) in [4.78, 5) is 72.8. The molecule has 5 atom stereocenters. The van der Waals surface area contributed by atoms with Crippen molar-refractivity contribution in [1.29, 1.82) is 0 Å². The summed E-state index contributed by atoms with van der Waals surface area (Å²) in [6.45, 7) is 14.2. The normalized spacial score (nSPS) is 14.1. The van der Waals surface area contributed by atoms with Crippen LogP contribution in [-0.4, -0.2) is 96.7 Å². The molecule has 0 amide bonds. The molecule has 576 valence electrons. The fourth-order valence-electron chi connectivity index (χ4n) is 11.9. The van der Waals surface area contributed by atoms with Crippen LogP contribution in [0.3, 0.4) is 0 Å². The van der Waals surface area contributed by atoms with Gasteiger partial charge in [0, 0.05) is 25.7 Å². The molecule has 0 bridgehead atoms. The largest absolute Gasteiger partial charge is 0.472 e. The standard InChI is InChI=1S/C78H152O17P2/c1-68(2)54-46-38-30-24-19-15-13-11-9-10-12-14-16-21-27-33-42-50-58-75(80)88-64-73(94-78(83)61-53-45-35-29-23-26-32-40-48-56-70(5)6)66-92-96(84,85)90-62-72(79)63-91-97(86,87)93-67-74(65-89-76(81)59-51-43-37-36-41-49-57-71(7)8)95-77(82)60-52-44-34-28-22-18-17-20-25-31-39-47-55-69(3)4/h68-74,79H,9-67H2,1-8H3,(H,84,85)(H,86,87)/t72-,73-,74-/m1/s1. The Labute approximate surface area is 594 Å². The monoisotopic (exact) mass is 1420 g/mol. The van der Waals surface area contributed by atoms with E-state index in [4.69, 9.17) is 37.0 Å². The molecular weight excluding hydrogens is 1270 g/mol. The van der Waals surface area contributed by atoms with Crippen molar-refractivity contribution in [2.75, 3.05) is 39.6 Å². The number of aliphatic hydroxyl groups excluding tert-OH is 1. The van der Waals surface area contributed by atoms with Gasteiger partial charge in [-0.05, 0) is 49.4 Å². The second kappa shape index (κ2) is 67.2. The molecule has 2 unspecified atom stereocenters. The maximum atomic E-state index is 13.1. The highest BCUT2D eigenvalue weighted by molar-refractivity contribution is 7.47. The summed E-state index contributed by atoms with van der Waals surface area (Å²) in [5.74, 6) is 0.894. The Hall–Kier alpha value is -1.94. The maximum Gasteiger partial charge on any atom is 0.472 e. The highest BCUT2D eigenvalue weighted by Gasteiger charge is 2.30. The van der Waals surface area contributed by atoms with Crippen molar-refractivity contribution in [3.63, 3.8) is 0 Å². The van der Waals surface area contributed by atoms with Crippen LogP contribution >= 0.6 is 15.6 Å². The number of carbonyl (C=O) groups is 4. The van der Waals surface area contributed by atoms with E-state index in [0.29, 0.717) is 31.6 Å². The molecule has 0 radical (unpaired) electrons. The van der Waals surface area contributed by atoms with Gasteiger partial charge in [-0.25, -0.2) is 9.13 Å². The third-order valence-corrected chi connectivity index (χ3v) is 20.0. The summed E-state index contributed by atoms with van der Waals surface area (Å²) in [6.07, 6.45) is 53.0. The molecule has 17 nitrogen and oxygen atoms in total. The third-order valence-electron chi connectivity index (χ3n) is 18.1. The topological polar surface area (TPSA) is 237 Å². The van der Waals surface area contributed by atoms with E-state index in [1.807, 2.05) is 0 Å². The second-order valence-electron chi connectivity index (χ2n) is 30.0. The quantitative estimate of drug-likeness (QED) is 0.0222. The van der Waals surface area contributed by atoms with Crippen LogP contribution in [0.4, 0.5) is 0 Å². The smallest absolute Gasteiger partial charge is 0.462 e. The van der Waals surface area contributed by atoms with Gasteiger partial charge >= 0.3 is 39.5 Å². The van der Waals surface area contributed by atoms with Crippen molar-refractivity contribution < 1.29 is 80.2 Å². The lowest BCUT2D eigenvalue weighted by molar-refractivity contribution is -0.161. The number of carbonyl (C=O) groups excluding carboxylic acids is 4. The number of ether oxygens (including phenoxy) is 4.